The molecule has 0 saturated heterocycles. The van der Waals surface area contributed by atoms with E-state index in [9.17, 15) is 10.1 Å². The molecule has 0 aliphatic carbocycles. The highest BCUT2D eigenvalue weighted by Crippen LogP contribution is 2.26. The van der Waals surface area contributed by atoms with E-state index in [1.807, 2.05) is 59.6 Å². The first-order valence-corrected chi connectivity index (χ1v) is 10.4. The Hall–Kier alpha value is -4.65. The highest BCUT2D eigenvalue weighted by atomic mass is 16.6. The van der Waals surface area contributed by atoms with Gasteiger partial charge in [0, 0.05) is 35.8 Å². The van der Waals surface area contributed by atoms with Gasteiger partial charge >= 0.3 is 0 Å². The fraction of sp³-hybridized carbons (Fsp3) is 0.0385. The van der Waals surface area contributed by atoms with E-state index in [0.29, 0.717) is 23.1 Å². The predicted molar refractivity (Wildman–Crippen MR) is 128 cm³/mol. The van der Waals surface area contributed by atoms with Crippen LogP contribution in [0, 0.1) is 10.1 Å². The van der Waals surface area contributed by atoms with E-state index >= 15 is 0 Å². The van der Waals surface area contributed by atoms with Crippen molar-refractivity contribution in [2.24, 2.45) is 0 Å². The van der Waals surface area contributed by atoms with Gasteiger partial charge in [-0.25, -0.2) is 4.98 Å². The van der Waals surface area contributed by atoms with E-state index in [1.54, 1.807) is 30.5 Å². The van der Waals surface area contributed by atoms with Crippen molar-refractivity contribution in [1.29, 1.82) is 0 Å². The summed E-state index contributed by atoms with van der Waals surface area (Å²) >= 11 is 0. The summed E-state index contributed by atoms with van der Waals surface area (Å²) in [6.45, 7) is 0.653. The van der Waals surface area contributed by atoms with Gasteiger partial charge < -0.3 is 0 Å². The molecule has 0 saturated carbocycles. The minimum Gasteiger partial charge on any atom is -0.267 e. The van der Waals surface area contributed by atoms with Crippen LogP contribution < -0.4 is 0 Å². The van der Waals surface area contributed by atoms with Gasteiger partial charge in [0.25, 0.3) is 5.69 Å². The van der Waals surface area contributed by atoms with E-state index in [4.69, 9.17) is 5.10 Å². The lowest BCUT2D eigenvalue weighted by molar-refractivity contribution is -0.383. The zero-order chi connectivity index (χ0) is 22.6. The van der Waals surface area contributed by atoms with Gasteiger partial charge in [-0.05, 0) is 42.0 Å². The highest BCUT2D eigenvalue weighted by Gasteiger charge is 2.12. The normalized spacial score (nSPS) is 11.3. The van der Waals surface area contributed by atoms with Crippen LogP contribution in [0.5, 0.6) is 0 Å². The molecule has 7 nitrogen and oxygen atoms in total. The number of fused-ring (bicyclic) bond motifs is 1. The number of rotatable bonds is 6. The molecule has 5 rings (SSSR count). The zero-order valence-corrected chi connectivity index (χ0v) is 17.6. The maximum atomic E-state index is 11.3. The molecule has 0 radical (unpaired) electrons. The van der Waals surface area contributed by atoms with Crippen LogP contribution in [0.15, 0.2) is 91.4 Å². The Labute approximate surface area is 189 Å². The molecule has 7 heteroatoms. The summed E-state index contributed by atoms with van der Waals surface area (Å²) in [5, 5.41) is 16.6. The number of non-ortho nitro benzene ring substituents is 1. The lowest BCUT2D eigenvalue weighted by Crippen LogP contribution is -1.99. The summed E-state index contributed by atoms with van der Waals surface area (Å²) in [6.07, 6.45) is 9.35. The molecule has 0 bridgehead atoms. The minimum absolute atomic E-state index is 0.0500. The Balaban J connectivity index is 1.51. The van der Waals surface area contributed by atoms with Gasteiger partial charge in [-0.2, -0.15) is 5.10 Å². The van der Waals surface area contributed by atoms with Crippen LogP contribution in [0.2, 0.25) is 0 Å². The molecule has 160 valence electrons. The number of aromatic nitrogens is 4. The summed E-state index contributed by atoms with van der Waals surface area (Å²) < 4.78 is 1.91. The second-order valence-electron chi connectivity index (χ2n) is 7.52. The molecule has 0 fully saturated rings. The number of hydrogen-bond acceptors (Lipinski definition) is 5. The topological polar surface area (TPSA) is 86.7 Å². The number of nitrogens with zero attached hydrogens (tertiary/aromatic N) is 5. The molecule has 2 aromatic carbocycles. The molecule has 3 aromatic heterocycles. The SMILES string of the molecule is O=[N+]([O-])c1cccc2nc(/C=C/c3nn(Cc4ccccc4)cc3-c3cccnc3)ccc12. The maximum absolute atomic E-state index is 11.3. The van der Waals surface area contributed by atoms with Crippen molar-refractivity contribution < 1.29 is 4.92 Å². The van der Waals surface area contributed by atoms with Crippen molar-refractivity contribution >= 4 is 28.7 Å². The van der Waals surface area contributed by atoms with Crippen molar-refractivity contribution in [3.8, 4) is 11.1 Å². The molecule has 0 aliphatic heterocycles. The Morgan fingerprint density at radius 3 is 2.61 bits per heavy atom. The molecule has 33 heavy (non-hydrogen) atoms. The van der Waals surface area contributed by atoms with E-state index in [2.05, 4.69) is 22.1 Å². The lowest BCUT2D eigenvalue weighted by Gasteiger charge is -2.01. The minimum atomic E-state index is -0.390. The standard InChI is InChI=1S/C26H19N5O2/c32-31(33)26-10-4-9-24-22(26)13-11-21(28-24)12-14-25-23(20-8-5-15-27-16-20)18-30(29-25)17-19-6-2-1-3-7-19/h1-16,18H,17H2/b14-12+. The summed E-state index contributed by atoms with van der Waals surface area (Å²) in [5.74, 6) is 0. The third-order valence-corrected chi connectivity index (χ3v) is 5.29. The Bertz CT molecular complexity index is 1460. The number of hydrogen-bond donors (Lipinski definition) is 0. The van der Waals surface area contributed by atoms with Gasteiger partial charge in [0.1, 0.15) is 0 Å². The van der Waals surface area contributed by atoms with Crippen molar-refractivity contribution in [3.05, 3.63) is 118 Å². The summed E-state index contributed by atoms with van der Waals surface area (Å²) in [6, 6.07) is 22.5. The molecular formula is C26H19N5O2. The lowest BCUT2D eigenvalue weighted by atomic mass is 10.1. The number of nitro groups is 1. The van der Waals surface area contributed by atoms with Crippen LogP contribution in [-0.4, -0.2) is 24.7 Å². The van der Waals surface area contributed by atoms with Gasteiger partial charge in [0.05, 0.1) is 33.8 Å². The van der Waals surface area contributed by atoms with Gasteiger partial charge in [-0.15, -0.1) is 0 Å². The Morgan fingerprint density at radius 1 is 0.939 bits per heavy atom. The summed E-state index contributed by atoms with van der Waals surface area (Å²) in [5.41, 5.74) is 5.21. The second-order valence-corrected chi connectivity index (χ2v) is 7.52. The Kier molecular flexibility index (Phi) is 5.43. The van der Waals surface area contributed by atoms with Crippen molar-refractivity contribution in [2.45, 2.75) is 6.54 Å². The molecule has 0 spiro atoms. The van der Waals surface area contributed by atoms with Gasteiger partial charge in [0.15, 0.2) is 0 Å². The Morgan fingerprint density at radius 2 is 1.82 bits per heavy atom. The predicted octanol–water partition coefficient (Wildman–Crippen LogP) is 5.62. The third-order valence-electron chi connectivity index (χ3n) is 5.29. The largest absolute Gasteiger partial charge is 0.278 e. The first kappa shape index (κ1) is 20.3. The van der Waals surface area contributed by atoms with Gasteiger partial charge in [-0.3, -0.25) is 19.8 Å². The van der Waals surface area contributed by atoms with E-state index < -0.39 is 0 Å². The van der Waals surface area contributed by atoms with Gasteiger partial charge in [0.2, 0.25) is 0 Å². The van der Waals surface area contributed by atoms with Crippen LogP contribution in [0.4, 0.5) is 5.69 Å². The first-order chi connectivity index (χ1) is 16.2. The molecule has 5 aromatic rings. The number of benzene rings is 2. The van der Waals surface area contributed by atoms with Crippen LogP contribution >= 0.6 is 0 Å². The molecule has 0 amide bonds. The summed E-state index contributed by atoms with van der Waals surface area (Å²) in [4.78, 5) is 19.7. The monoisotopic (exact) mass is 433 g/mol. The van der Waals surface area contributed by atoms with Crippen molar-refractivity contribution in [2.75, 3.05) is 0 Å². The second kappa shape index (κ2) is 8.84. The fourth-order valence-corrected chi connectivity index (χ4v) is 3.73. The quantitative estimate of drug-likeness (QED) is 0.256. The molecule has 0 aliphatic rings. The van der Waals surface area contributed by atoms with Crippen LogP contribution in [0.3, 0.4) is 0 Å². The fourth-order valence-electron chi connectivity index (χ4n) is 3.73. The average molecular weight is 433 g/mol. The van der Waals surface area contributed by atoms with Crippen LogP contribution in [-0.2, 0) is 6.54 Å². The van der Waals surface area contributed by atoms with Crippen LogP contribution in [0.1, 0.15) is 17.0 Å². The molecule has 0 N–H and O–H groups in total. The smallest absolute Gasteiger partial charge is 0.267 e. The number of pyridine rings is 2. The zero-order valence-electron chi connectivity index (χ0n) is 17.6. The number of nitro benzene ring substituents is 1. The molecule has 0 atom stereocenters. The molecule has 0 unspecified atom stereocenters. The first-order valence-electron chi connectivity index (χ1n) is 10.4. The van der Waals surface area contributed by atoms with Crippen molar-refractivity contribution in [3.63, 3.8) is 0 Å². The van der Waals surface area contributed by atoms with E-state index in [1.165, 1.54) is 6.07 Å². The summed E-state index contributed by atoms with van der Waals surface area (Å²) in [7, 11) is 0. The van der Waals surface area contributed by atoms with E-state index in [-0.39, 0.29) is 10.6 Å². The van der Waals surface area contributed by atoms with Gasteiger partial charge in [-0.1, -0.05) is 42.5 Å². The van der Waals surface area contributed by atoms with E-state index in [0.717, 1.165) is 22.4 Å². The average Bonchev–Trinajstić information content (AvgIpc) is 3.25. The molecule has 3 heterocycles. The molecular weight excluding hydrogens is 414 g/mol. The maximum Gasteiger partial charge on any atom is 0.278 e. The van der Waals surface area contributed by atoms with Crippen LogP contribution in [0.25, 0.3) is 34.2 Å². The van der Waals surface area contributed by atoms with Crippen molar-refractivity contribution in [1.82, 2.24) is 19.7 Å². The highest BCUT2D eigenvalue weighted by molar-refractivity contribution is 5.89. The third kappa shape index (κ3) is 4.38.